The van der Waals surface area contributed by atoms with E-state index in [0.29, 0.717) is 33.5 Å². The van der Waals surface area contributed by atoms with Crippen molar-refractivity contribution >= 4 is 56.6 Å². The molecule has 202 valence electrons. The van der Waals surface area contributed by atoms with Crippen LogP contribution in [0.2, 0.25) is 0 Å². The van der Waals surface area contributed by atoms with Gasteiger partial charge in [0.15, 0.2) is 0 Å². The summed E-state index contributed by atoms with van der Waals surface area (Å²) < 4.78 is 24.6. The van der Waals surface area contributed by atoms with E-state index in [1.54, 1.807) is 24.3 Å². The van der Waals surface area contributed by atoms with Gasteiger partial charge in [0.2, 0.25) is 5.91 Å². The normalized spacial score (nSPS) is 13.0. The molecule has 0 spiro atoms. The Labute approximate surface area is 235 Å². The van der Waals surface area contributed by atoms with E-state index in [2.05, 4.69) is 10.6 Å². The number of nitrogens with zero attached hydrogens (tertiary/aromatic N) is 3. The van der Waals surface area contributed by atoms with Crippen LogP contribution in [0.3, 0.4) is 0 Å². The van der Waals surface area contributed by atoms with Gasteiger partial charge >= 0.3 is 5.69 Å². The number of pyridine rings is 1. The van der Waals surface area contributed by atoms with E-state index in [1.165, 1.54) is 53.8 Å². The lowest BCUT2D eigenvalue weighted by Gasteiger charge is -2.21. The summed E-state index contributed by atoms with van der Waals surface area (Å²) in [5.41, 5.74) is -0.703. The van der Waals surface area contributed by atoms with Crippen molar-refractivity contribution in [1.29, 1.82) is 0 Å². The highest BCUT2D eigenvalue weighted by molar-refractivity contribution is 14.1. The van der Waals surface area contributed by atoms with Gasteiger partial charge in [0.1, 0.15) is 22.8 Å². The SMILES string of the molecule is COc1ccc(-n2c(=O)n(C3CC3)c(=O)c3c(Nc4ccc(I)cc4F)n(C)c(=O)c(C)c32)cc1NC(C)=O. The molecule has 2 N–H and O–H groups in total. The number of nitrogens with one attached hydrogen (secondary N) is 2. The molecule has 2 heterocycles. The van der Waals surface area contributed by atoms with Crippen LogP contribution in [0.4, 0.5) is 21.6 Å². The van der Waals surface area contributed by atoms with Crippen LogP contribution in [-0.2, 0) is 11.8 Å². The van der Waals surface area contributed by atoms with Gasteiger partial charge in [-0.15, -0.1) is 0 Å². The van der Waals surface area contributed by atoms with E-state index in [9.17, 15) is 23.6 Å². The van der Waals surface area contributed by atoms with E-state index in [0.717, 1.165) is 0 Å². The first-order valence-corrected chi connectivity index (χ1v) is 13.2. The minimum Gasteiger partial charge on any atom is -0.495 e. The first-order valence-electron chi connectivity index (χ1n) is 12.1. The number of rotatable bonds is 6. The maximum atomic E-state index is 14.9. The number of benzene rings is 2. The zero-order valence-electron chi connectivity index (χ0n) is 21.6. The smallest absolute Gasteiger partial charge is 0.336 e. The molecule has 0 bridgehead atoms. The molecule has 1 amide bonds. The number of anilines is 3. The first kappa shape index (κ1) is 26.7. The number of ether oxygens (including phenoxy) is 1. The van der Waals surface area contributed by atoms with Crippen LogP contribution in [0.15, 0.2) is 50.8 Å². The van der Waals surface area contributed by atoms with Crippen LogP contribution >= 0.6 is 22.6 Å². The van der Waals surface area contributed by atoms with Crippen LogP contribution in [0.5, 0.6) is 5.75 Å². The summed E-state index contributed by atoms with van der Waals surface area (Å²) in [6, 6.07) is 8.99. The Morgan fingerprint density at radius 3 is 2.41 bits per heavy atom. The molecule has 39 heavy (non-hydrogen) atoms. The Morgan fingerprint density at radius 2 is 1.79 bits per heavy atom. The number of hydrogen-bond donors (Lipinski definition) is 2. The zero-order valence-corrected chi connectivity index (χ0v) is 23.8. The van der Waals surface area contributed by atoms with Crippen molar-refractivity contribution in [1.82, 2.24) is 13.7 Å². The topological polar surface area (TPSA) is 116 Å². The van der Waals surface area contributed by atoms with Crippen LogP contribution in [0, 0.1) is 16.3 Å². The van der Waals surface area contributed by atoms with Gasteiger partial charge in [-0.25, -0.2) is 9.18 Å². The van der Waals surface area contributed by atoms with Crippen molar-refractivity contribution in [3.05, 3.63) is 82.5 Å². The van der Waals surface area contributed by atoms with E-state index >= 15 is 0 Å². The lowest BCUT2D eigenvalue weighted by atomic mass is 10.1. The van der Waals surface area contributed by atoms with Gasteiger partial charge in [-0.05, 0) is 78.8 Å². The monoisotopic (exact) mass is 645 g/mol. The number of amides is 1. The Bertz CT molecular complexity index is 1860. The van der Waals surface area contributed by atoms with Gasteiger partial charge < -0.3 is 15.4 Å². The van der Waals surface area contributed by atoms with Crippen molar-refractivity contribution in [2.24, 2.45) is 7.05 Å². The summed E-state index contributed by atoms with van der Waals surface area (Å²) in [7, 11) is 2.94. The van der Waals surface area contributed by atoms with E-state index in [-0.39, 0.29) is 39.9 Å². The zero-order chi connectivity index (χ0) is 28.2. The maximum absolute atomic E-state index is 14.9. The molecule has 1 fully saturated rings. The molecule has 12 heteroatoms. The van der Waals surface area contributed by atoms with Crippen LogP contribution < -0.4 is 32.2 Å². The molecular weight excluding hydrogens is 620 g/mol. The highest BCUT2D eigenvalue weighted by Gasteiger charge is 2.31. The molecule has 1 aliphatic rings. The largest absolute Gasteiger partial charge is 0.495 e. The highest BCUT2D eigenvalue weighted by Crippen LogP contribution is 2.35. The van der Waals surface area contributed by atoms with Gasteiger partial charge in [-0.2, -0.15) is 0 Å². The second kappa shape index (κ2) is 9.98. The summed E-state index contributed by atoms with van der Waals surface area (Å²) in [5.74, 6) is -0.480. The van der Waals surface area contributed by atoms with Crippen molar-refractivity contribution < 1.29 is 13.9 Å². The van der Waals surface area contributed by atoms with Gasteiger partial charge in [0.25, 0.3) is 11.1 Å². The number of methoxy groups -OCH3 is 1. The van der Waals surface area contributed by atoms with Gasteiger partial charge in [0.05, 0.1) is 29.7 Å². The van der Waals surface area contributed by atoms with E-state index < -0.39 is 22.6 Å². The fourth-order valence-corrected chi connectivity index (χ4v) is 5.15. The third-order valence-electron chi connectivity index (χ3n) is 6.69. The average Bonchev–Trinajstić information content (AvgIpc) is 3.71. The minimum absolute atomic E-state index is 0.0597. The van der Waals surface area contributed by atoms with Crippen molar-refractivity contribution in [2.45, 2.75) is 32.7 Å². The number of aromatic nitrogens is 3. The van der Waals surface area contributed by atoms with Gasteiger partial charge in [0, 0.05) is 29.1 Å². The fourth-order valence-electron chi connectivity index (χ4n) is 4.70. The number of carbonyl (C=O) groups is 1. The lowest BCUT2D eigenvalue weighted by molar-refractivity contribution is -0.114. The Kier molecular flexibility index (Phi) is 6.83. The highest BCUT2D eigenvalue weighted by atomic mass is 127. The van der Waals surface area contributed by atoms with Crippen molar-refractivity contribution in [3.8, 4) is 11.4 Å². The summed E-state index contributed by atoms with van der Waals surface area (Å²) >= 11 is 1.99. The average molecular weight is 645 g/mol. The number of aryl methyl sites for hydroxylation is 1. The Hall–Kier alpha value is -3.94. The van der Waals surface area contributed by atoms with Crippen LogP contribution in [-0.4, -0.2) is 26.7 Å². The van der Waals surface area contributed by atoms with Gasteiger partial charge in [-0.1, -0.05) is 0 Å². The Balaban J connectivity index is 1.91. The van der Waals surface area contributed by atoms with Crippen LogP contribution in [0.25, 0.3) is 16.6 Å². The molecule has 0 saturated heterocycles. The Morgan fingerprint density at radius 1 is 1.08 bits per heavy atom. The fraction of sp³-hybridized carbons (Fsp3) is 0.259. The van der Waals surface area contributed by atoms with E-state index in [1.807, 2.05) is 22.6 Å². The predicted octanol–water partition coefficient (Wildman–Crippen LogP) is 3.95. The molecule has 0 unspecified atom stereocenters. The van der Waals surface area contributed by atoms with Crippen molar-refractivity contribution in [2.75, 3.05) is 17.7 Å². The number of hydrogen-bond acceptors (Lipinski definition) is 6. The molecule has 1 aliphatic carbocycles. The molecule has 0 aliphatic heterocycles. The molecule has 1 saturated carbocycles. The summed E-state index contributed by atoms with van der Waals surface area (Å²) in [6.45, 7) is 2.88. The third kappa shape index (κ3) is 4.62. The molecule has 4 aromatic rings. The number of fused-ring (bicyclic) bond motifs is 1. The quantitative estimate of drug-likeness (QED) is 0.307. The molecule has 2 aromatic carbocycles. The standard InChI is InChI=1S/C27H25FIN5O5/c1-13-23-22(24(32(3)25(13)36)31-19-9-5-15(29)11-18(19)28)26(37)34(16-6-7-16)27(38)33(23)17-8-10-21(39-4)20(12-17)30-14(2)35/h5,8-12,16,31H,6-7H2,1-4H3,(H,30,35). The molecule has 5 rings (SSSR count). The van der Waals surface area contributed by atoms with E-state index in [4.69, 9.17) is 4.74 Å². The maximum Gasteiger partial charge on any atom is 0.336 e. The summed E-state index contributed by atoms with van der Waals surface area (Å²) in [4.78, 5) is 53.1. The van der Waals surface area contributed by atoms with Gasteiger partial charge in [-0.3, -0.25) is 28.1 Å². The number of halogens is 2. The number of carbonyl (C=O) groups excluding carboxylic acids is 1. The minimum atomic E-state index is -0.614. The third-order valence-corrected chi connectivity index (χ3v) is 7.36. The molecule has 0 atom stereocenters. The molecular formula is C27H25FIN5O5. The van der Waals surface area contributed by atoms with Crippen LogP contribution in [0.1, 0.15) is 31.4 Å². The van der Waals surface area contributed by atoms with Crippen molar-refractivity contribution in [3.63, 3.8) is 0 Å². The second-order valence-corrected chi connectivity index (χ2v) is 10.6. The molecule has 0 radical (unpaired) electrons. The lowest BCUT2D eigenvalue weighted by Crippen LogP contribution is -2.41. The molecule has 10 nitrogen and oxygen atoms in total. The molecule has 2 aromatic heterocycles. The second-order valence-electron chi connectivity index (χ2n) is 9.40. The predicted molar refractivity (Wildman–Crippen MR) is 155 cm³/mol. The first-order chi connectivity index (χ1) is 18.5. The summed E-state index contributed by atoms with van der Waals surface area (Å²) in [6.07, 6.45) is 1.30. The summed E-state index contributed by atoms with van der Waals surface area (Å²) in [5, 5.41) is 5.69.